The monoisotopic (exact) mass is 278 g/mol. The molecule has 0 aliphatic heterocycles. The Hall–Kier alpha value is -0.550. The van der Waals surface area contributed by atoms with Crippen LogP contribution >= 0.6 is 15.9 Å². The van der Waals surface area contributed by atoms with E-state index in [0.29, 0.717) is 10.9 Å². The lowest BCUT2D eigenvalue weighted by Crippen LogP contribution is -2.05. The van der Waals surface area contributed by atoms with Crippen molar-refractivity contribution in [3.63, 3.8) is 0 Å². The molecule has 0 heterocycles. The van der Waals surface area contributed by atoms with Crippen LogP contribution in [0.3, 0.4) is 0 Å². The fraction of sp³-hybridized carbons (Fsp3) is 0.333. The minimum atomic E-state index is -3.25. The molecule has 0 aliphatic rings. The summed E-state index contributed by atoms with van der Waals surface area (Å²) in [5.41, 5.74) is 0. The summed E-state index contributed by atoms with van der Waals surface area (Å²) in [6.07, 6.45) is 0.565. The molecule has 0 saturated carbocycles. The lowest BCUT2D eigenvalue weighted by molar-refractivity contribution is 0.472. The van der Waals surface area contributed by atoms with Gasteiger partial charge in [-0.2, -0.15) is 0 Å². The first-order valence-corrected chi connectivity index (χ1v) is 6.62. The van der Waals surface area contributed by atoms with Crippen LogP contribution in [0.15, 0.2) is 27.6 Å². The molecule has 1 aromatic rings. The summed E-state index contributed by atoms with van der Waals surface area (Å²) in [5, 5.41) is 9.23. The molecule has 0 fully saturated rings. The molecule has 0 saturated heterocycles. The molecule has 0 bridgehead atoms. The van der Waals surface area contributed by atoms with Gasteiger partial charge < -0.3 is 5.11 Å². The molecule has 3 nitrogen and oxygen atoms in total. The molecular weight excluding hydrogens is 268 g/mol. The molecule has 1 aromatic carbocycles. The van der Waals surface area contributed by atoms with Crippen LogP contribution in [-0.4, -0.2) is 19.3 Å². The van der Waals surface area contributed by atoms with Gasteiger partial charge in [0.1, 0.15) is 5.75 Å². The van der Waals surface area contributed by atoms with Crippen LogP contribution in [0.2, 0.25) is 0 Å². The molecule has 14 heavy (non-hydrogen) atoms. The van der Waals surface area contributed by atoms with Gasteiger partial charge in [0, 0.05) is 4.47 Å². The molecule has 0 atom stereocenters. The maximum atomic E-state index is 11.6. The Morgan fingerprint density at radius 3 is 2.50 bits per heavy atom. The standard InChI is InChI=1S/C9H11BrO3S/c1-2-3-14(12,13)9-5-7(10)4-8(11)6-9/h4-6,11H,2-3H2,1H3. The van der Waals surface area contributed by atoms with E-state index in [1.165, 1.54) is 18.2 Å². The van der Waals surface area contributed by atoms with Gasteiger partial charge in [0.25, 0.3) is 0 Å². The number of sulfone groups is 1. The van der Waals surface area contributed by atoms with Gasteiger partial charge in [-0.05, 0) is 24.6 Å². The average molecular weight is 279 g/mol. The molecule has 0 radical (unpaired) electrons. The van der Waals surface area contributed by atoms with E-state index in [4.69, 9.17) is 0 Å². The van der Waals surface area contributed by atoms with E-state index in [1.54, 1.807) is 6.92 Å². The Kier molecular flexibility index (Phi) is 3.55. The van der Waals surface area contributed by atoms with E-state index < -0.39 is 9.84 Å². The van der Waals surface area contributed by atoms with Crippen LogP contribution in [0.5, 0.6) is 5.75 Å². The predicted molar refractivity (Wildman–Crippen MR) is 58.2 cm³/mol. The van der Waals surface area contributed by atoms with Crippen LogP contribution in [0.25, 0.3) is 0 Å². The largest absolute Gasteiger partial charge is 0.508 e. The third-order valence-corrected chi connectivity index (χ3v) is 4.05. The Morgan fingerprint density at radius 1 is 1.36 bits per heavy atom. The number of aromatic hydroxyl groups is 1. The van der Waals surface area contributed by atoms with E-state index >= 15 is 0 Å². The fourth-order valence-electron chi connectivity index (χ4n) is 1.11. The smallest absolute Gasteiger partial charge is 0.178 e. The van der Waals surface area contributed by atoms with Crippen molar-refractivity contribution in [3.05, 3.63) is 22.7 Å². The maximum absolute atomic E-state index is 11.6. The Balaban J connectivity index is 3.19. The minimum absolute atomic E-state index is 0.0472. The van der Waals surface area contributed by atoms with Crippen molar-refractivity contribution in [1.82, 2.24) is 0 Å². The predicted octanol–water partition coefficient (Wildman–Crippen LogP) is 2.34. The van der Waals surface area contributed by atoms with E-state index in [0.717, 1.165) is 0 Å². The van der Waals surface area contributed by atoms with Crippen LogP contribution in [0.1, 0.15) is 13.3 Å². The lowest BCUT2D eigenvalue weighted by atomic mass is 10.3. The van der Waals surface area contributed by atoms with Gasteiger partial charge in [0.05, 0.1) is 10.6 Å². The molecule has 5 heteroatoms. The summed E-state index contributed by atoms with van der Waals surface area (Å²) in [7, 11) is -3.25. The maximum Gasteiger partial charge on any atom is 0.178 e. The summed E-state index contributed by atoms with van der Waals surface area (Å²) in [6.45, 7) is 1.80. The number of phenolic OH excluding ortho intramolecular Hbond substituents is 1. The highest BCUT2D eigenvalue weighted by Crippen LogP contribution is 2.24. The van der Waals surface area contributed by atoms with Crippen LogP contribution in [0.4, 0.5) is 0 Å². The number of hydrogen-bond acceptors (Lipinski definition) is 3. The van der Waals surface area contributed by atoms with E-state index in [2.05, 4.69) is 15.9 Å². The van der Waals surface area contributed by atoms with Crippen molar-refractivity contribution < 1.29 is 13.5 Å². The second-order valence-electron chi connectivity index (χ2n) is 2.96. The third-order valence-electron chi connectivity index (χ3n) is 1.69. The summed E-state index contributed by atoms with van der Waals surface area (Å²) in [6, 6.07) is 4.20. The Labute approximate surface area is 91.8 Å². The van der Waals surface area contributed by atoms with Gasteiger partial charge >= 0.3 is 0 Å². The zero-order valence-electron chi connectivity index (χ0n) is 7.70. The highest BCUT2D eigenvalue weighted by molar-refractivity contribution is 9.10. The molecule has 78 valence electrons. The number of benzene rings is 1. The minimum Gasteiger partial charge on any atom is -0.508 e. The number of phenols is 1. The second-order valence-corrected chi connectivity index (χ2v) is 5.99. The second kappa shape index (κ2) is 4.31. The van der Waals surface area contributed by atoms with Gasteiger partial charge in [0.2, 0.25) is 0 Å². The van der Waals surface area contributed by atoms with Gasteiger partial charge in [-0.1, -0.05) is 22.9 Å². The summed E-state index contributed by atoms with van der Waals surface area (Å²) in [4.78, 5) is 0.159. The number of halogens is 1. The van der Waals surface area contributed by atoms with Crippen LogP contribution < -0.4 is 0 Å². The zero-order chi connectivity index (χ0) is 10.8. The Bertz CT molecular complexity index is 405. The highest BCUT2D eigenvalue weighted by atomic mass is 79.9. The van der Waals surface area contributed by atoms with E-state index in [-0.39, 0.29) is 16.4 Å². The summed E-state index contributed by atoms with van der Waals surface area (Å²) < 4.78 is 23.8. The first-order valence-electron chi connectivity index (χ1n) is 4.18. The highest BCUT2D eigenvalue weighted by Gasteiger charge is 2.14. The molecule has 0 spiro atoms. The SMILES string of the molecule is CCCS(=O)(=O)c1cc(O)cc(Br)c1. The van der Waals surface area contributed by atoms with Gasteiger partial charge in [-0.25, -0.2) is 8.42 Å². The molecule has 0 aliphatic carbocycles. The molecule has 0 unspecified atom stereocenters. The number of rotatable bonds is 3. The zero-order valence-corrected chi connectivity index (χ0v) is 10.1. The molecule has 1 N–H and O–H groups in total. The van der Waals surface area contributed by atoms with Crippen LogP contribution in [-0.2, 0) is 9.84 Å². The Morgan fingerprint density at radius 2 is 2.00 bits per heavy atom. The first-order chi connectivity index (χ1) is 6.45. The van der Waals surface area contributed by atoms with Crippen LogP contribution in [0, 0.1) is 0 Å². The summed E-state index contributed by atoms with van der Waals surface area (Å²) >= 11 is 3.13. The van der Waals surface area contributed by atoms with Crippen molar-refractivity contribution in [2.75, 3.05) is 5.75 Å². The normalized spacial score (nSPS) is 11.6. The van der Waals surface area contributed by atoms with Crippen molar-refractivity contribution in [2.24, 2.45) is 0 Å². The molecular formula is C9H11BrO3S. The van der Waals surface area contributed by atoms with Gasteiger partial charge in [0.15, 0.2) is 9.84 Å². The topological polar surface area (TPSA) is 54.4 Å². The van der Waals surface area contributed by atoms with Crippen molar-refractivity contribution in [3.8, 4) is 5.75 Å². The van der Waals surface area contributed by atoms with Crippen molar-refractivity contribution in [1.29, 1.82) is 0 Å². The van der Waals surface area contributed by atoms with Crippen molar-refractivity contribution >= 4 is 25.8 Å². The fourth-order valence-corrected chi connectivity index (χ4v) is 3.13. The van der Waals surface area contributed by atoms with Crippen molar-refractivity contribution in [2.45, 2.75) is 18.2 Å². The molecule has 1 rings (SSSR count). The molecule has 0 aromatic heterocycles. The van der Waals surface area contributed by atoms with Gasteiger partial charge in [-0.15, -0.1) is 0 Å². The number of hydrogen-bond donors (Lipinski definition) is 1. The quantitative estimate of drug-likeness (QED) is 0.924. The first kappa shape index (κ1) is 11.5. The molecule has 0 amide bonds. The average Bonchev–Trinajstić information content (AvgIpc) is 2.02. The summed E-state index contributed by atoms with van der Waals surface area (Å²) in [5.74, 6) is 0.0529. The lowest BCUT2D eigenvalue weighted by Gasteiger charge is -2.03. The van der Waals surface area contributed by atoms with Gasteiger partial charge in [-0.3, -0.25) is 0 Å². The third kappa shape index (κ3) is 2.72. The van der Waals surface area contributed by atoms with E-state index in [1.807, 2.05) is 0 Å². The van der Waals surface area contributed by atoms with E-state index in [9.17, 15) is 13.5 Å².